The van der Waals surface area contributed by atoms with E-state index in [0.717, 1.165) is 30.7 Å². The Morgan fingerprint density at radius 1 is 1.29 bits per heavy atom. The van der Waals surface area contributed by atoms with E-state index >= 15 is 0 Å². The van der Waals surface area contributed by atoms with Crippen molar-refractivity contribution < 1.29 is 27.1 Å². The summed E-state index contributed by atoms with van der Waals surface area (Å²) in [6.45, 7) is 5.86. The third-order valence-corrected chi connectivity index (χ3v) is 5.68. The zero-order valence-electron chi connectivity index (χ0n) is 17.4. The van der Waals surface area contributed by atoms with Gasteiger partial charge in [-0.05, 0) is 38.8 Å². The van der Waals surface area contributed by atoms with E-state index in [0.29, 0.717) is 32.0 Å². The molecule has 0 radical (unpaired) electrons. The first-order chi connectivity index (χ1) is 14.8. The quantitative estimate of drug-likeness (QED) is 0.447. The zero-order valence-corrected chi connectivity index (χ0v) is 18.2. The lowest BCUT2D eigenvalue weighted by Gasteiger charge is -2.21. The number of ether oxygens (including phenoxy) is 1. The highest BCUT2D eigenvalue weighted by Crippen LogP contribution is 2.32. The summed E-state index contributed by atoms with van der Waals surface area (Å²) in [5.74, 6) is 0.646. The van der Waals surface area contributed by atoms with Gasteiger partial charge in [0.15, 0.2) is 16.6 Å². The highest BCUT2D eigenvalue weighted by molar-refractivity contribution is 7.98. The first-order valence-electron chi connectivity index (χ1n) is 10.1. The molecule has 1 atom stereocenters. The molecular weight excluding hydrogens is 433 g/mol. The van der Waals surface area contributed by atoms with E-state index in [9.17, 15) is 18.0 Å². The summed E-state index contributed by atoms with van der Waals surface area (Å²) < 4.78 is 50.8. The molecule has 3 heterocycles. The largest absolute Gasteiger partial charge is 0.455 e. The average Bonchev–Trinajstić information content (AvgIpc) is 3.43. The molecule has 0 aliphatic carbocycles. The first-order valence-corrected chi connectivity index (χ1v) is 11.1. The molecule has 7 nitrogen and oxygen atoms in total. The van der Waals surface area contributed by atoms with Crippen LogP contribution in [0.5, 0.6) is 0 Å². The number of alkyl halides is 3. The fourth-order valence-corrected chi connectivity index (χ4v) is 3.89. The number of rotatable bonds is 9. The monoisotopic (exact) mass is 458 g/mol. The summed E-state index contributed by atoms with van der Waals surface area (Å²) in [6, 6.07) is 4.11. The fourth-order valence-electron chi connectivity index (χ4n) is 3.14. The maximum Gasteiger partial charge on any atom is 0.433 e. The maximum absolute atomic E-state index is 13.3. The van der Waals surface area contributed by atoms with Crippen molar-refractivity contribution in [2.45, 2.75) is 49.9 Å². The molecule has 31 heavy (non-hydrogen) atoms. The van der Waals surface area contributed by atoms with Crippen molar-refractivity contribution in [2.75, 3.05) is 31.1 Å². The number of nitrogens with zero attached hydrogens (tertiary/aromatic N) is 3. The molecule has 1 N–H and O–H groups in total. The van der Waals surface area contributed by atoms with Crippen LogP contribution in [0.3, 0.4) is 0 Å². The van der Waals surface area contributed by atoms with Crippen LogP contribution in [0.15, 0.2) is 27.8 Å². The average molecular weight is 459 g/mol. The molecule has 2 aromatic heterocycles. The van der Waals surface area contributed by atoms with E-state index in [4.69, 9.17) is 9.15 Å². The van der Waals surface area contributed by atoms with Crippen LogP contribution in [-0.4, -0.2) is 48.2 Å². The molecule has 1 aliphatic heterocycles. The van der Waals surface area contributed by atoms with Crippen LogP contribution in [0, 0.1) is 0 Å². The van der Waals surface area contributed by atoms with Crippen molar-refractivity contribution in [1.82, 2.24) is 15.3 Å². The lowest BCUT2D eigenvalue weighted by Crippen LogP contribution is -2.31. The second-order valence-electron chi connectivity index (χ2n) is 6.96. The number of thioether (sulfide) groups is 1. The zero-order chi connectivity index (χ0) is 22.4. The molecule has 0 bridgehead atoms. The van der Waals surface area contributed by atoms with Crippen molar-refractivity contribution in [1.29, 1.82) is 0 Å². The number of carbonyl (C=O) groups excluding carboxylic acids is 1. The summed E-state index contributed by atoms with van der Waals surface area (Å²) in [6.07, 6.45) is -2.66. The van der Waals surface area contributed by atoms with Gasteiger partial charge in [0, 0.05) is 32.3 Å². The number of carbonyl (C=O) groups is 1. The second-order valence-corrected chi connectivity index (χ2v) is 7.91. The van der Waals surface area contributed by atoms with Gasteiger partial charge in [0.05, 0.1) is 11.9 Å². The van der Waals surface area contributed by atoms with Crippen LogP contribution >= 0.6 is 11.8 Å². The van der Waals surface area contributed by atoms with Crippen molar-refractivity contribution in [3.63, 3.8) is 0 Å². The third kappa shape index (κ3) is 6.36. The van der Waals surface area contributed by atoms with E-state index in [-0.39, 0.29) is 34.5 Å². The first kappa shape index (κ1) is 23.4. The fraction of sp³-hybridized carbons (Fsp3) is 0.550. The summed E-state index contributed by atoms with van der Waals surface area (Å²) >= 11 is 1.02. The number of aromatic nitrogens is 2. The highest BCUT2D eigenvalue weighted by Gasteiger charge is 2.34. The van der Waals surface area contributed by atoms with Gasteiger partial charge in [0.1, 0.15) is 11.6 Å². The van der Waals surface area contributed by atoms with E-state index < -0.39 is 11.9 Å². The topological polar surface area (TPSA) is 80.5 Å². The van der Waals surface area contributed by atoms with E-state index in [1.807, 2.05) is 13.8 Å². The highest BCUT2D eigenvalue weighted by atomic mass is 32.2. The summed E-state index contributed by atoms with van der Waals surface area (Å²) in [5, 5.41) is 2.76. The normalized spacial score (nSPS) is 16.5. The molecule has 2 aromatic rings. The van der Waals surface area contributed by atoms with Gasteiger partial charge in [-0.25, -0.2) is 9.97 Å². The van der Waals surface area contributed by atoms with Crippen LogP contribution in [0.2, 0.25) is 0 Å². The number of hydrogen-bond donors (Lipinski definition) is 1. The smallest absolute Gasteiger partial charge is 0.433 e. The van der Waals surface area contributed by atoms with Crippen LogP contribution < -0.4 is 10.2 Å². The predicted molar refractivity (Wildman–Crippen MR) is 110 cm³/mol. The van der Waals surface area contributed by atoms with Gasteiger partial charge in [-0.1, -0.05) is 11.8 Å². The number of hydrogen-bond acceptors (Lipinski definition) is 7. The molecule has 170 valence electrons. The Morgan fingerprint density at radius 2 is 2.06 bits per heavy atom. The molecule has 1 amide bonds. The minimum absolute atomic E-state index is 0.00231. The maximum atomic E-state index is 13.3. The molecule has 1 saturated heterocycles. The van der Waals surface area contributed by atoms with Crippen molar-refractivity contribution in [3.05, 3.63) is 35.4 Å². The standard InChI is InChI=1S/C20H25F3N4O3S/c1-3-27(4-2)17-10-16(20(21,22)23)25-19(26-17)31-12-14-7-8-15(30-14)18(28)24-11-13-6-5-9-29-13/h7-8,10,13H,3-6,9,11-12H2,1-2H3,(H,24,28)/t13-/m1/s1. The molecule has 1 aliphatic rings. The predicted octanol–water partition coefficient (Wildman–Crippen LogP) is 4.14. The number of halogens is 3. The SMILES string of the molecule is CCN(CC)c1cc(C(F)(F)F)nc(SCc2ccc(C(=O)NC[C@H]3CCCO3)o2)n1. The molecule has 0 saturated carbocycles. The van der Waals surface area contributed by atoms with Crippen LogP contribution in [0.25, 0.3) is 0 Å². The summed E-state index contributed by atoms with van der Waals surface area (Å²) in [7, 11) is 0. The Balaban J connectivity index is 1.65. The molecule has 0 aromatic carbocycles. The lowest BCUT2D eigenvalue weighted by molar-refractivity contribution is -0.141. The third-order valence-electron chi connectivity index (χ3n) is 4.81. The summed E-state index contributed by atoms with van der Waals surface area (Å²) in [5.41, 5.74) is -0.986. The van der Waals surface area contributed by atoms with Crippen molar-refractivity contribution in [2.24, 2.45) is 0 Å². The van der Waals surface area contributed by atoms with Gasteiger partial charge in [-0.15, -0.1) is 0 Å². The Hall–Kier alpha value is -2.27. The van der Waals surface area contributed by atoms with Crippen molar-refractivity contribution in [3.8, 4) is 0 Å². The number of furan rings is 1. The number of amides is 1. The van der Waals surface area contributed by atoms with Crippen LogP contribution in [0.4, 0.5) is 19.0 Å². The Kier molecular flexibility index (Phi) is 7.82. The Labute approximate surface area is 182 Å². The lowest BCUT2D eigenvalue weighted by atomic mass is 10.2. The molecule has 3 rings (SSSR count). The van der Waals surface area contributed by atoms with Gasteiger partial charge in [-0.2, -0.15) is 13.2 Å². The molecular formula is C20H25F3N4O3S. The number of nitrogens with one attached hydrogen (secondary N) is 1. The van der Waals surface area contributed by atoms with Gasteiger partial charge in [0.25, 0.3) is 5.91 Å². The van der Waals surface area contributed by atoms with Gasteiger partial charge in [-0.3, -0.25) is 4.79 Å². The van der Waals surface area contributed by atoms with Gasteiger partial charge >= 0.3 is 6.18 Å². The molecule has 0 spiro atoms. The minimum Gasteiger partial charge on any atom is -0.455 e. The van der Waals surface area contributed by atoms with Crippen molar-refractivity contribution >= 4 is 23.5 Å². The van der Waals surface area contributed by atoms with Crippen LogP contribution in [0.1, 0.15) is 48.7 Å². The molecule has 0 unspecified atom stereocenters. The van der Waals surface area contributed by atoms with Gasteiger partial charge < -0.3 is 19.4 Å². The molecule has 1 fully saturated rings. The van der Waals surface area contributed by atoms with Crippen LogP contribution in [-0.2, 0) is 16.7 Å². The molecule has 11 heteroatoms. The Bertz CT molecular complexity index is 881. The van der Waals surface area contributed by atoms with Gasteiger partial charge in [0.2, 0.25) is 0 Å². The summed E-state index contributed by atoms with van der Waals surface area (Å²) in [4.78, 5) is 21.8. The van der Waals surface area contributed by atoms with E-state index in [1.54, 1.807) is 11.0 Å². The minimum atomic E-state index is -4.57. The number of anilines is 1. The Morgan fingerprint density at radius 3 is 2.71 bits per heavy atom. The van der Waals surface area contributed by atoms with E-state index in [1.165, 1.54) is 6.07 Å². The second kappa shape index (κ2) is 10.4. The van der Waals surface area contributed by atoms with E-state index in [2.05, 4.69) is 15.3 Å².